The Balaban J connectivity index is 1.43. The summed E-state index contributed by atoms with van der Waals surface area (Å²) < 4.78 is 1.83. The van der Waals surface area contributed by atoms with E-state index in [0.29, 0.717) is 24.5 Å². The lowest BCUT2D eigenvalue weighted by atomic mass is 9.98. The minimum absolute atomic E-state index is 0.219. The molecule has 36 heavy (non-hydrogen) atoms. The van der Waals surface area contributed by atoms with Gasteiger partial charge < -0.3 is 15.3 Å². The van der Waals surface area contributed by atoms with Gasteiger partial charge in [-0.25, -0.2) is 0 Å². The molecule has 1 fully saturated rings. The van der Waals surface area contributed by atoms with E-state index in [1.807, 2.05) is 35.1 Å². The fourth-order valence-corrected chi connectivity index (χ4v) is 4.93. The van der Waals surface area contributed by atoms with Crippen molar-refractivity contribution in [1.29, 1.82) is 0 Å². The Morgan fingerprint density at radius 3 is 2.69 bits per heavy atom. The highest BCUT2D eigenvalue weighted by atomic mass is 16.2. The van der Waals surface area contributed by atoms with E-state index in [-0.39, 0.29) is 6.61 Å². The molecule has 8 nitrogen and oxygen atoms in total. The zero-order chi connectivity index (χ0) is 24.9. The van der Waals surface area contributed by atoms with Gasteiger partial charge in [0.2, 0.25) is 11.9 Å². The predicted molar refractivity (Wildman–Crippen MR) is 143 cm³/mol. The molecule has 8 heteroatoms. The van der Waals surface area contributed by atoms with Crippen LogP contribution in [-0.4, -0.2) is 48.9 Å². The largest absolute Gasteiger partial charge is 0.396 e. The second kappa shape index (κ2) is 11.0. The molecule has 0 aliphatic carbocycles. The monoisotopic (exact) mass is 485 g/mol. The molecule has 1 aliphatic rings. The van der Waals surface area contributed by atoms with Crippen LogP contribution in [0.5, 0.6) is 0 Å². The maximum atomic E-state index is 9.39. The lowest BCUT2D eigenvalue weighted by Gasteiger charge is -2.36. The molecule has 5 rings (SSSR count). The van der Waals surface area contributed by atoms with E-state index >= 15 is 0 Å². The van der Waals surface area contributed by atoms with Crippen LogP contribution in [0.15, 0.2) is 54.9 Å². The highest BCUT2D eigenvalue weighted by molar-refractivity contribution is 5.59. The van der Waals surface area contributed by atoms with Crippen LogP contribution in [0.2, 0.25) is 0 Å². The van der Waals surface area contributed by atoms with E-state index in [4.69, 9.17) is 9.97 Å². The van der Waals surface area contributed by atoms with Gasteiger partial charge in [-0.2, -0.15) is 19.6 Å². The van der Waals surface area contributed by atoms with Crippen LogP contribution in [-0.2, 0) is 6.54 Å². The fourth-order valence-electron chi connectivity index (χ4n) is 4.93. The minimum atomic E-state index is 0.219. The van der Waals surface area contributed by atoms with Crippen LogP contribution in [0.1, 0.15) is 63.0 Å². The number of anilines is 2. The molecule has 1 aromatic carbocycles. The highest BCUT2D eigenvalue weighted by Gasteiger charge is 2.26. The first-order valence-corrected chi connectivity index (χ1v) is 13.0. The molecular formula is C28H35N7O. The Hall–Kier alpha value is -3.52. The Morgan fingerprint density at radius 2 is 1.94 bits per heavy atom. The van der Waals surface area contributed by atoms with Crippen LogP contribution < -0.4 is 10.2 Å². The first-order valence-electron chi connectivity index (χ1n) is 13.0. The van der Waals surface area contributed by atoms with Crippen molar-refractivity contribution in [1.82, 2.24) is 24.6 Å². The zero-order valence-electron chi connectivity index (χ0n) is 21.1. The van der Waals surface area contributed by atoms with Gasteiger partial charge in [-0.1, -0.05) is 44.2 Å². The summed E-state index contributed by atoms with van der Waals surface area (Å²) in [5, 5.41) is 17.5. The standard InChI is InChI=1S/C28H35N7O/c1-20(2)24-19-31-35-26(24)32-28(34-16-6-4-8-23(34)9-7-17-36)33-27(35)30-18-21-11-13-22(14-12-21)25-10-3-5-15-29-25/h3,5,10-15,19-20,23,36H,4,6-9,16-18H2,1-2H3,(H,30,32,33)/t23-/m0/s1. The molecule has 0 saturated carbocycles. The minimum Gasteiger partial charge on any atom is -0.396 e. The number of aromatic nitrogens is 5. The number of fused-ring (bicyclic) bond motifs is 1. The molecule has 1 atom stereocenters. The summed E-state index contributed by atoms with van der Waals surface area (Å²) in [6.07, 6.45) is 8.92. The van der Waals surface area contributed by atoms with E-state index in [1.54, 1.807) is 0 Å². The third-order valence-corrected chi connectivity index (χ3v) is 6.95. The number of piperidine rings is 1. The molecule has 188 valence electrons. The second-order valence-corrected chi connectivity index (χ2v) is 9.81. The lowest BCUT2D eigenvalue weighted by molar-refractivity contribution is 0.273. The maximum Gasteiger partial charge on any atom is 0.230 e. The molecule has 0 amide bonds. The molecule has 4 heterocycles. The van der Waals surface area contributed by atoms with Gasteiger partial charge in [0.25, 0.3) is 0 Å². The van der Waals surface area contributed by atoms with Crippen molar-refractivity contribution in [2.24, 2.45) is 0 Å². The summed E-state index contributed by atoms with van der Waals surface area (Å²) in [6, 6.07) is 14.7. The van der Waals surface area contributed by atoms with Crippen LogP contribution in [0.3, 0.4) is 0 Å². The summed E-state index contributed by atoms with van der Waals surface area (Å²) in [5.41, 5.74) is 5.19. The summed E-state index contributed by atoms with van der Waals surface area (Å²) >= 11 is 0. The zero-order valence-corrected chi connectivity index (χ0v) is 21.1. The number of pyridine rings is 1. The van der Waals surface area contributed by atoms with Crippen molar-refractivity contribution >= 4 is 17.5 Å². The smallest absolute Gasteiger partial charge is 0.230 e. The van der Waals surface area contributed by atoms with E-state index in [0.717, 1.165) is 66.2 Å². The summed E-state index contributed by atoms with van der Waals surface area (Å²) in [5.74, 6) is 1.76. The molecule has 0 unspecified atom stereocenters. The maximum absolute atomic E-state index is 9.39. The molecule has 2 N–H and O–H groups in total. The Labute approximate surface area is 212 Å². The average Bonchev–Trinajstić information content (AvgIpc) is 3.36. The lowest BCUT2D eigenvalue weighted by Crippen LogP contribution is -2.41. The highest BCUT2D eigenvalue weighted by Crippen LogP contribution is 2.28. The van der Waals surface area contributed by atoms with Gasteiger partial charge in [0.15, 0.2) is 5.65 Å². The van der Waals surface area contributed by atoms with Crippen LogP contribution in [0.4, 0.5) is 11.9 Å². The number of rotatable bonds is 9. The number of hydrogen-bond acceptors (Lipinski definition) is 7. The molecule has 0 spiro atoms. The van der Waals surface area contributed by atoms with E-state index < -0.39 is 0 Å². The molecule has 0 bridgehead atoms. The first-order chi connectivity index (χ1) is 17.6. The van der Waals surface area contributed by atoms with Gasteiger partial charge in [0, 0.05) is 43.1 Å². The van der Waals surface area contributed by atoms with Crippen LogP contribution in [0.25, 0.3) is 16.9 Å². The Bertz CT molecular complexity index is 1270. The van der Waals surface area contributed by atoms with Gasteiger partial charge >= 0.3 is 0 Å². The number of aliphatic hydroxyl groups excluding tert-OH is 1. The van der Waals surface area contributed by atoms with Gasteiger partial charge in [-0.3, -0.25) is 4.98 Å². The quantitative estimate of drug-likeness (QED) is 0.343. The Morgan fingerprint density at radius 1 is 1.08 bits per heavy atom. The fraction of sp³-hybridized carbons (Fsp3) is 0.429. The van der Waals surface area contributed by atoms with Gasteiger partial charge in [0.05, 0.1) is 11.9 Å². The molecule has 4 aromatic rings. The van der Waals surface area contributed by atoms with Gasteiger partial charge in [0.1, 0.15) is 0 Å². The van der Waals surface area contributed by atoms with Crippen LogP contribution in [0, 0.1) is 0 Å². The van der Waals surface area contributed by atoms with Crippen LogP contribution >= 0.6 is 0 Å². The SMILES string of the molecule is CC(C)c1cnn2c(NCc3ccc(-c4ccccn4)cc3)nc(N3CCCC[C@H]3CCCO)nc12. The first kappa shape index (κ1) is 24.2. The van der Waals surface area contributed by atoms with Crippen molar-refractivity contribution in [3.05, 3.63) is 66.0 Å². The molecular weight excluding hydrogens is 450 g/mol. The summed E-state index contributed by atoms with van der Waals surface area (Å²) in [6.45, 7) is 6.11. The van der Waals surface area contributed by atoms with Gasteiger partial charge in [-0.05, 0) is 55.7 Å². The molecule has 1 saturated heterocycles. The topological polar surface area (TPSA) is 91.5 Å². The van der Waals surface area contributed by atoms with Crippen molar-refractivity contribution < 1.29 is 5.11 Å². The number of hydrogen-bond donors (Lipinski definition) is 2. The number of nitrogens with one attached hydrogen (secondary N) is 1. The number of benzene rings is 1. The molecule has 0 radical (unpaired) electrons. The molecule has 3 aromatic heterocycles. The third kappa shape index (κ3) is 5.18. The Kier molecular flexibility index (Phi) is 7.41. The normalized spacial score (nSPS) is 16.1. The van der Waals surface area contributed by atoms with Crippen molar-refractivity contribution in [2.75, 3.05) is 23.4 Å². The van der Waals surface area contributed by atoms with E-state index in [2.05, 4.69) is 58.4 Å². The van der Waals surface area contributed by atoms with Gasteiger partial charge in [-0.15, -0.1) is 0 Å². The van der Waals surface area contributed by atoms with Crippen molar-refractivity contribution in [3.63, 3.8) is 0 Å². The third-order valence-electron chi connectivity index (χ3n) is 6.95. The van der Waals surface area contributed by atoms with E-state index in [9.17, 15) is 5.11 Å². The van der Waals surface area contributed by atoms with E-state index in [1.165, 1.54) is 6.42 Å². The number of aliphatic hydroxyl groups is 1. The predicted octanol–water partition coefficient (Wildman–Crippen LogP) is 5.05. The summed E-state index contributed by atoms with van der Waals surface area (Å²) in [4.78, 5) is 16.7. The van der Waals surface area contributed by atoms with Crippen molar-refractivity contribution in [2.45, 2.75) is 64.5 Å². The van der Waals surface area contributed by atoms with Crippen molar-refractivity contribution in [3.8, 4) is 11.3 Å². The second-order valence-electron chi connectivity index (χ2n) is 9.81. The average molecular weight is 486 g/mol. The molecule has 1 aliphatic heterocycles. The summed E-state index contributed by atoms with van der Waals surface area (Å²) in [7, 11) is 0. The number of nitrogens with zero attached hydrogens (tertiary/aromatic N) is 6.